The molecule has 4 heterocycles. The summed E-state index contributed by atoms with van der Waals surface area (Å²) in [5.74, 6) is 0.841. The lowest BCUT2D eigenvalue weighted by molar-refractivity contribution is 0.384. The summed E-state index contributed by atoms with van der Waals surface area (Å²) in [5.41, 5.74) is 5.75. The fourth-order valence-corrected chi connectivity index (χ4v) is 11.8. The first-order chi connectivity index (χ1) is 28.4. The quantitative estimate of drug-likeness (QED) is 0.126. The van der Waals surface area contributed by atoms with Crippen LogP contribution in [0.2, 0.25) is 0 Å². The van der Waals surface area contributed by atoms with Gasteiger partial charge in [-0.2, -0.15) is 8.61 Å². The zero-order valence-corrected chi connectivity index (χ0v) is 39.0. The topological polar surface area (TPSA) is 116 Å². The van der Waals surface area contributed by atoms with E-state index in [0.29, 0.717) is 62.1 Å². The highest BCUT2D eigenvalue weighted by Crippen LogP contribution is 2.28. The molecule has 2 aliphatic heterocycles. The van der Waals surface area contributed by atoms with Crippen LogP contribution in [0.4, 0.5) is 10.3 Å². The Labute approximate surface area is 371 Å². The first-order valence-electron chi connectivity index (χ1n) is 19.0. The molecule has 0 spiro atoms. The van der Waals surface area contributed by atoms with Gasteiger partial charge in [0, 0.05) is 84.9 Å². The van der Waals surface area contributed by atoms with Gasteiger partial charge in [0.05, 0.1) is 28.3 Å². The molecule has 0 bridgehead atoms. The highest BCUT2D eigenvalue weighted by Gasteiger charge is 2.31. The SMILES string of the molecule is COc1ccc(Cc2csc(N3CCN(S(=O)(=O)c4ccc(Br)cc4)CC3)n2)cc1.Cc1ccc(Cc2csc(N3CCN(S(=O)(=O)c4ccc(Br)cc4)CC3)n2)cc1. The number of piperazine rings is 2. The van der Waals surface area contributed by atoms with E-state index in [1.807, 2.05) is 24.3 Å². The fraction of sp³-hybridized carbons (Fsp3) is 0.286. The van der Waals surface area contributed by atoms with E-state index in [9.17, 15) is 16.8 Å². The molecule has 2 saturated heterocycles. The van der Waals surface area contributed by atoms with E-state index >= 15 is 0 Å². The average molecular weight is 1000 g/mol. The van der Waals surface area contributed by atoms with Crippen molar-refractivity contribution in [3.8, 4) is 5.75 Å². The van der Waals surface area contributed by atoms with Gasteiger partial charge in [0.1, 0.15) is 5.75 Å². The minimum Gasteiger partial charge on any atom is -0.497 e. The Hall–Kier alpha value is -3.68. The number of methoxy groups -OCH3 is 1. The lowest BCUT2D eigenvalue weighted by atomic mass is 10.1. The van der Waals surface area contributed by atoms with Gasteiger partial charge >= 0.3 is 0 Å². The Kier molecular flexibility index (Phi) is 14.2. The van der Waals surface area contributed by atoms with Crippen LogP contribution in [0.3, 0.4) is 0 Å². The minimum absolute atomic E-state index is 0.329. The van der Waals surface area contributed by atoms with Gasteiger partial charge in [0.25, 0.3) is 0 Å². The molecule has 0 aliphatic carbocycles. The van der Waals surface area contributed by atoms with E-state index in [0.717, 1.165) is 49.2 Å². The second-order valence-electron chi connectivity index (χ2n) is 14.1. The third kappa shape index (κ3) is 11.0. The Bertz CT molecular complexity index is 2520. The monoisotopic (exact) mass is 998 g/mol. The van der Waals surface area contributed by atoms with E-state index in [2.05, 4.69) is 83.6 Å². The number of ether oxygens (including phenoxy) is 1. The summed E-state index contributed by atoms with van der Waals surface area (Å²) in [4.78, 5) is 14.6. The molecule has 11 nitrogen and oxygen atoms in total. The number of hydrogen-bond acceptors (Lipinski definition) is 11. The predicted molar refractivity (Wildman–Crippen MR) is 244 cm³/mol. The predicted octanol–water partition coefficient (Wildman–Crippen LogP) is 8.33. The summed E-state index contributed by atoms with van der Waals surface area (Å²) < 4.78 is 61.5. The van der Waals surface area contributed by atoms with E-state index < -0.39 is 20.0 Å². The molecule has 0 unspecified atom stereocenters. The van der Waals surface area contributed by atoms with Gasteiger partial charge < -0.3 is 14.5 Å². The number of thiazole rings is 2. The Balaban J connectivity index is 0.000000179. The maximum atomic E-state index is 12.9. The first kappa shape index (κ1) is 43.4. The van der Waals surface area contributed by atoms with Crippen LogP contribution in [-0.4, -0.2) is 94.9 Å². The third-order valence-electron chi connectivity index (χ3n) is 10.1. The maximum absolute atomic E-state index is 12.9. The minimum atomic E-state index is -3.47. The second kappa shape index (κ2) is 19.4. The normalized spacial score (nSPS) is 15.5. The van der Waals surface area contributed by atoms with Crippen LogP contribution in [0.25, 0.3) is 0 Å². The van der Waals surface area contributed by atoms with Crippen molar-refractivity contribution in [3.63, 3.8) is 0 Å². The molecule has 0 saturated carbocycles. The second-order valence-corrected chi connectivity index (χ2v) is 21.5. The van der Waals surface area contributed by atoms with Crippen molar-refractivity contribution in [3.05, 3.63) is 145 Å². The highest BCUT2D eigenvalue weighted by molar-refractivity contribution is 9.10. The van der Waals surface area contributed by atoms with Crippen LogP contribution in [0, 0.1) is 6.92 Å². The molecule has 8 rings (SSSR count). The maximum Gasteiger partial charge on any atom is 0.243 e. The fourth-order valence-electron chi connectivity index (χ4n) is 6.66. The van der Waals surface area contributed by atoms with Gasteiger partial charge in [-0.3, -0.25) is 0 Å². The zero-order valence-electron chi connectivity index (χ0n) is 32.6. The van der Waals surface area contributed by atoms with Gasteiger partial charge in [-0.1, -0.05) is 73.8 Å². The summed E-state index contributed by atoms with van der Waals surface area (Å²) in [7, 11) is -5.26. The molecule has 2 aliphatic rings. The molecule has 17 heteroatoms. The molecule has 0 N–H and O–H groups in total. The lowest BCUT2D eigenvalue weighted by Crippen LogP contribution is -2.48. The molecular weight excluding hydrogens is 957 g/mol. The molecule has 2 aromatic heterocycles. The Morgan fingerprint density at radius 3 is 1.31 bits per heavy atom. The standard InChI is InChI=1S/C21H22BrN3O3S2.C21H22BrN3O2S2/c1-28-19-6-2-16(3-7-19)14-18-15-29-21(23-18)24-10-12-25(13-11-24)30(26,27)20-8-4-17(22)5-9-20;1-16-2-4-17(5-3-16)14-19-15-28-21(23-19)24-10-12-25(13-11-24)29(26,27)20-8-6-18(22)7-9-20/h2-9,15H,10-14H2,1H3;2-9,15H,10-14H2,1H3. The average Bonchev–Trinajstić information content (AvgIpc) is 3.93. The van der Waals surface area contributed by atoms with Gasteiger partial charge in [0.2, 0.25) is 20.0 Å². The van der Waals surface area contributed by atoms with Crippen molar-refractivity contribution in [2.45, 2.75) is 29.6 Å². The lowest BCUT2D eigenvalue weighted by Gasteiger charge is -2.33. The largest absolute Gasteiger partial charge is 0.497 e. The smallest absolute Gasteiger partial charge is 0.243 e. The molecule has 4 aromatic carbocycles. The van der Waals surface area contributed by atoms with Crippen molar-refractivity contribution in [2.24, 2.45) is 0 Å². The van der Waals surface area contributed by atoms with E-state index in [4.69, 9.17) is 14.7 Å². The summed E-state index contributed by atoms with van der Waals surface area (Å²) >= 11 is 9.92. The van der Waals surface area contributed by atoms with Crippen molar-refractivity contribution in [2.75, 3.05) is 69.3 Å². The van der Waals surface area contributed by atoms with Crippen molar-refractivity contribution < 1.29 is 21.6 Å². The van der Waals surface area contributed by atoms with Crippen LogP contribution in [0.1, 0.15) is 28.1 Å². The molecular formula is C42H44Br2N6O5S4. The number of hydrogen-bond donors (Lipinski definition) is 0. The van der Waals surface area contributed by atoms with Gasteiger partial charge in [-0.05, 0) is 78.7 Å². The number of benzene rings is 4. The van der Waals surface area contributed by atoms with Crippen molar-refractivity contribution in [1.29, 1.82) is 0 Å². The number of anilines is 2. The van der Waals surface area contributed by atoms with Crippen LogP contribution >= 0.6 is 54.5 Å². The summed E-state index contributed by atoms with van der Waals surface area (Å²) in [6, 6.07) is 30.1. The van der Waals surface area contributed by atoms with E-state index in [1.54, 1.807) is 86.9 Å². The number of sulfonamides is 2. The van der Waals surface area contributed by atoms with Gasteiger partial charge in [-0.15, -0.1) is 22.7 Å². The summed E-state index contributed by atoms with van der Waals surface area (Å²) in [6.07, 6.45) is 1.58. The van der Waals surface area contributed by atoms with E-state index in [-0.39, 0.29) is 0 Å². The summed E-state index contributed by atoms with van der Waals surface area (Å²) in [5, 5.41) is 6.08. The van der Waals surface area contributed by atoms with Gasteiger partial charge in [-0.25, -0.2) is 26.8 Å². The Morgan fingerprint density at radius 2 is 0.932 bits per heavy atom. The third-order valence-corrected chi connectivity index (χ3v) is 16.8. The molecule has 0 amide bonds. The molecule has 0 atom stereocenters. The Morgan fingerprint density at radius 1 is 0.559 bits per heavy atom. The molecule has 6 aromatic rings. The van der Waals surface area contributed by atoms with Crippen molar-refractivity contribution >= 4 is 84.8 Å². The van der Waals surface area contributed by atoms with Gasteiger partial charge in [0.15, 0.2) is 10.3 Å². The molecule has 2 fully saturated rings. The van der Waals surface area contributed by atoms with Crippen molar-refractivity contribution in [1.82, 2.24) is 18.6 Å². The summed E-state index contributed by atoms with van der Waals surface area (Å²) in [6.45, 7) is 6.46. The highest BCUT2D eigenvalue weighted by atomic mass is 79.9. The van der Waals surface area contributed by atoms with Crippen LogP contribution in [-0.2, 0) is 32.9 Å². The van der Waals surface area contributed by atoms with Crippen LogP contribution < -0.4 is 14.5 Å². The molecule has 0 radical (unpaired) electrons. The van der Waals surface area contributed by atoms with Crippen LogP contribution in [0.5, 0.6) is 5.75 Å². The number of aromatic nitrogens is 2. The number of nitrogens with zero attached hydrogens (tertiary/aromatic N) is 6. The zero-order chi connectivity index (χ0) is 41.6. The number of aryl methyl sites for hydroxylation is 1. The first-order valence-corrected chi connectivity index (χ1v) is 25.2. The van der Waals surface area contributed by atoms with E-state index in [1.165, 1.54) is 16.7 Å². The molecule has 310 valence electrons. The molecule has 59 heavy (non-hydrogen) atoms. The number of rotatable bonds is 11. The van der Waals surface area contributed by atoms with Crippen LogP contribution in [0.15, 0.2) is 127 Å². The number of halogens is 2.